The Bertz CT molecular complexity index is 1480. The van der Waals surface area contributed by atoms with Gasteiger partial charge in [-0.1, -0.05) is 30.3 Å². The highest BCUT2D eigenvalue weighted by Crippen LogP contribution is 2.44. The average Bonchev–Trinajstić information content (AvgIpc) is 3.50. The minimum Gasteiger partial charge on any atom is -0.507 e. The van der Waals surface area contributed by atoms with Crippen LogP contribution >= 0.6 is 0 Å². The van der Waals surface area contributed by atoms with Crippen LogP contribution in [0.25, 0.3) is 32.5 Å². The summed E-state index contributed by atoms with van der Waals surface area (Å²) in [6, 6.07) is 8.85. The summed E-state index contributed by atoms with van der Waals surface area (Å²) in [5.74, 6) is -1.26. The molecular weight excluding hydrogens is 348 g/mol. The maximum Gasteiger partial charge on any atom is 0.343 e. The summed E-state index contributed by atoms with van der Waals surface area (Å²) in [4.78, 5) is 48.5. The van der Waals surface area contributed by atoms with Gasteiger partial charge < -0.3 is 9.52 Å². The van der Waals surface area contributed by atoms with Crippen molar-refractivity contribution in [3.8, 4) is 5.75 Å². The molecule has 0 bridgehead atoms. The van der Waals surface area contributed by atoms with Crippen LogP contribution in [0.4, 0.5) is 0 Å². The maximum atomic E-state index is 12.7. The van der Waals surface area contributed by atoms with Gasteiger partial charge in [-0.3, -0.25) is 14.4 Å². The minimum atomic E-state index is -0.815. The van der Waals surface area contributed by atoms with Crippen LogP contribution in [-0.4, -0.2) is 10.9 Å². The molecule has 132 valence electrons. The number of carbonyl (C=O) groups excluding carboxylic acids is 1. The van der Waals surface area contributed by atoms with Crippen molar-refractivity contribution in [3.05, 3.63) is 72.3 Å². The molecule has 0 aliphatic heterocycles. The minimum absolute atomic E-state index is 0.00610. The largest absolute Gasteiger partial charge is 0.507 e. The molecule has 0 aliphatic carbocycles. The Morgan fingerprint density at radius 3 is 2.22 bits per heavy atom. The van der Waals surface area contributed by atoms with E-state index in [0.29, 0.717) is 16.3 Å². The van der Waals surface area contributed by atoms with Gasteiger partial charge in [0.05, 0.1) is 16.3 Å². The Morgan fingerprint density at radius 2 is 1.56 bits per heavy atom. The first-order chi connectivity index (χ1) is 12.9. The lowest BCUT2D eigenvalue weighted by Gasteiger charge is -2.17. The van der Waals surface area contributed by atoms with Crippen LogP contribution in [0.15, 0.2) is 49.1 Å². The van der Waals surface area contributed by atoms with E-state index in [9.17, 15) is 24.3 Å². The number of hydrogen-bond acceptors (Lipinski definition) is 6. The van der Waals surface area contributed by atoms with Crippen molar-refractivity contribution < 1.29 is 14.3 Å². The fourth-order valence-corrected chi connectivity index (χ4v) is 3.89. The molecule has 0 amide bonds. The Balaban J connectivity index is 1.86. The normalized spacial score (nSPS) is 13.4. The van der Waals surface area contributed by atoms with Gasteiger partial charge >= 0.3 is 5.63 Å². The predicted octanol–water partition coefficient (Wildman–Crippen LogP) is 2.39. The fourth-order valence-electron chi connectivity index (χ4n) is 3.89. The first-order valence-electron chi connectivity index (χ1n) is 8.45. The number of ketones is 1. The number of benzene rings is 2. The number of rotatable bonds is 4. The van der Waals surface area contributed by atoms with Crippen molar-refractivity contribution >= 4 is 38.3 Å². The zero-order valence-corrected chi connectivity index (χ0v) is 14.2. The lowest BCUT2D eigenvalue weighted by molar-refractivity contribution is -0.117. The van der Waals surface area contributed by atoms with Gasteiger partial charge in [-0.25, -0.2) is 4.79 Å². The summed E-state index contributed by atoms with van der Waals surface area (Å²) >= 11 is 0. The van der Waals surface area contributed by atoms with Crippen LogP contribution in [-0.2, 0) is 4.79 Å². The van der Waals surface area contributed by atoms with E-state index in [2.05, 4.69) is 0 Å². The summed E-state index contributed by atoms with van der Waals surface area (Å²) < 4.78 is 5.37. The van der Waals surface area contributed by atoms with Crippen molar-refractivity contribution in [1.82, 2.24) is 0 Å². The lowest BCUT2D eigenvalue weighted by Crippen LogP contribution is -2.16. The van der Waals surface area contributed by atoms with Gasteiger partial charge in [-0.05, 0) is 12.5 Å². The van der Waals surface area contributed by atoms with Crippen molar-refractivity contribution in [2.75, 3.05) is 0 Å². The van der Waals surface area contributed by atoms with Gasteiger partial charge in [0.2, 0.25) is 0 Å². The molecule has 27 heavy (non-hydrogen) atoms. The molecule has 0 spiro atoms. The summed E-state index contributed by atoms with van der Waals surface area (Å²) in [6.07, 6.45) is -0.00610. The molecular formula is C21H12O6. The molecule has 1 N–H and O–H groups in total. The Kier molecular flexibility index (Phi) is 2.91. The molecule has 1 atom stereocenters. The predicted molar refractivity (Wildman–Crippen MR) is 100 cm³/mol. The monoisotopic (exact) mass is 360 g/mol. The third kappa shape index (κ3) is 2.01. The standard InChI is InChI=1S/C21H12O6/c1-8(22)7-10(9-5-3-2-4-6-9)11-17(23)15-13-12(18(13)24)14-16(19(14)25)20(15)27-21(11)26/h2-6,10,23H,7H2,1H3. The van der Waals surface area contributed by atoms with Crippen molar-refractivity contribution in [2.45, 2.75) is 19.3 Å². The van der Waals surface area contributed by atoms with Crippen LogP contribution in [0, 0.1) is 0 Å². The summed E-state index contributed by atoms with van der Waals surface area (Å²) in [5, 5.41) is 12.0. The van der Waals surface area contributed by atoms with Gasteiger partial charge in [0.1, 0.15) is 11.5 Å². The number of aromatic hydroxyl groups is 1. The van der Waals surface area contributed by atoms with Crippen molar-refractivity contribution in [3.63, 3.8) is 0 Å². The topological polar surface area (TPSA) is 102 Å². The van der Waals surface area contributed by atoms with Gasteiger partial charge in [-0.15, -0.1) is 0 Å². The van der Waals surface area contributed by atoms with E-state index in [1.54, 1.807) is 30.3 Å². The van der Waals surface area contributed by atoms with Crippen LogP contribution in [0.3, 0.4) is 0 Å². The highest BCUT2D eigenvalue weighted by molar-refractivity contribution is 6.36. The molecule has 5 aromatic rings. The van der Waals surface area contributed by atoms with E-state index in [-0.39, 0.29) is 56.1 Å². The summed E-state index contributed by atoms with van der Waals surface area (Å²) in [5.41, 5.74) is -0.898. The summed E-state index contributed by atoms with van der Waals surface area (Å²) in [7, 11) is 0. The zero-order chi connectivity index (χ0) is 19.0. The van der Waals surface area contributed by atoms with E-state index in [4.69, 9.17) is 4.42 Å². The first-order valence-corrected chi connectivity index (χ1v) is 8.45. The highest BCUT2D eigenvalue weighted by atomic mass is 16.4. The smallest absolute Gasteiger partial charge is 0.343 e. The van der Waals surface area contributed by atoms with Crippen LogP contribution in [0.1, 0.15) is 30.4 Å². The van der Waals surface area contributed by atoms with Gasteiger partial charge in [0.25, 0.3) is 0 Å². The second-order valence-electron chi connectivity index (χ2n) is 6.88. The van der Waals surface area contributed by atoms with Gasteiger partial charge in [0.15, 0.2) is 16.4 Å². The number of fused-ring (bicyclic) bond motifs is 6. The van der Waals surface area contributed by atoms with Gasteiger partial charge in [-0.2, -0.15) is 0 Å². The SMILES string of the molecule is CC(=O)CC(c1ccccc1)c1c(O)c2c(oc1=O)c1c(=O)c1c1c(=O)c21. The van der Waals surface area contributed by atoms with Gasteiger partial charge in [0, 0.05) is 28.5 Å². The van der Waals surface area contributed by atoms with Crippen molar-refractivity contribution in [1.29, 1.82) is 0 Å². The summed E-state index contributed by atoms with van der Waals surface area (Å²) in [6.45, 7) is 1.40. The second kappa shape index (κ2) is 5.01. The Hall–Kier alpha value is -3.54. The van der Waals surface area contributed by atoms with E-state index >= 15 is 0 Å². The van der Waals surface area contributed by atoms with E-state index in [1.165, 1.54) is 6.92 Å². The molecule has 0 aliphatic rings. The molecule has 0 saturated carbocycles. The molecule has 1 unspecified atom stereocenters. The highest BCUT2D eigenvalue weighted by Gasteiger charge is 2.35. The van der Waals surface area contributed by atoms with Crippen LogP contribution < -0.4 is 16.5 Å². The second-order valence-corrected chi connectivity index (χ2v) is 6.88. The molecule has 1 aromatic heterocycles. The zero-order valence-electron chi connectivity index (χ0n) is 14.2. The molecule has 1 heterocycles. The molecule has 0 fully saturated rings. The van der Waals surface area contributed by atoms with Crippen LogP contribution in [0.5, 0.6) is 5.75 Å². The third-order valence-electron chi connectivity index (χ3n) is 5.19. The van der Waals surface area contributed by atoms with E-state index < -0.39 is 11.5 Å². The molecule has 5 rings (SSSR count). The van der Waals surface area contributed by atoms with Crippen LogP contribution in [0.2, 0.25) is 0 Å². The maximum absolute atomic E-state index is 12.7. The fraction of sp³-hybridized carbons (Fsp3) is 0.143. The number of hydrogen-bond donors (Lipinski definition) is 1. The third-order valence-corrected chi connectivity index (χ3v) is 5.19. The van der Waals surface area contributed by atoms with E-state index in [1.807, 2.05) is 0 Å². The Morgan fingerprint density at radius 1 is 0.963 bits per heavy atom. The molecule has 6 heteroatoms. The molecule has 0 saturated heterocycles. The quantitative estimate of drug-likeness (QED) is 0.494. The molecule has 6 nitrogen and oxygen atoms in total. The first kappa shape index (κ1) is 15.7. The number of carbonyl (C=O) groups is 1. The number of Topliss-reactive ketones (excluding diaryl/α,β-unsaturated/α-hetero) is 1. The molecule has 0 radical (unpaired) electrons. The molecule has 4 aromatic carbocycles. The lowest BCUT2D eigenvalue weighted by atomic mass is 9.87. The van der Waals surface area contributed by atoms with E-state index in [0.717, 1.165) is 0 Å². The Labute approximate surface area is 150 Å². The van der Waals surface area contributed by atoms with Crippen molar-refractivity contribution in [2.24, 2.45) is 0 Å². The average molecular weight is 360 g/mol.